The fourth-order valence-corrected chi connectivity index (χ4v) is 4.32. The molecule has 2 aromatic carbocycles. The van der Waals surface area contributed by atoms with Crippen LogP contribution in [0.25, 0.3) is 0 Å². The first-order chi connectivity index (χ1) is 13.9. The van der Waals surface area contributed by atoms with Crippen molar-refractivity contribution in [1.29, 1.82) is 0 Å². The van der Waals surface area contributed by atoms with Gasteiger partial charge in [0.1, 0.15) is 5.88 Å². The molecule has 0 aliphatic rings. The molecule has 29 heavy (non-hydrogen) atoms. The molecular formula is C20H22N4O3S2. The van der Waals surface area contributed by atoms with Crippen LogP contribution >= 0.6 is 11.3 Å². The largest absolute Gasteiger partial charge is 0.332 e. The molecule has 1 heterocycles. The van der Waals surface area contributed by atoms with Gasteiger partial charge in [-0.15, -0.1) is 0 Å². The molecule has 0 radical (unpaired) electrons. The lowest BCUT2D eigenvalue weighted by atomic mass is 10.0. The second-order valence-corrected chi connectivity index (χ2v) is 9.27. The number of nitrogens with zero attached hydrogens (tertiary/aromatic N) is 1. The Labute approximate surface area is 174 Å². The van der Waals surface area contributed by atoms with Gasteiger partial charge in [-0.05, 0) is 37.2 Å². The van der Waals surface area contributed by atoms with E-state index in [9.17, 15) is 13.2 Å². The van der Waals surface area contributed by atoms with Crippen LogP contribution in [0.2, 0.25) is 0 Å². The highest BCUT2D eigenvalue weighted by Gasteiger charge is 2.15. The zero-order valence-electron chi connectivity index (χ0n) is 16.1. The smallest absolute Gasteiger partial charge is 0.224 e. The third-order valence-electron chi connectivity index (χ3n) is 4.15. The summed E-state index contributed by atoms with van der Waals surface area (Å²) in [6, 6.07) is 14.8. The summed E-state index contributed by atoms with van der Waals surface area (Å²) in [4.78, 5) is 17.5. The van der Waals surface area contributed by atoms with E-state index in [0.29, 0.717) is 15.6 Å². The van der Waals surface area contributed by atoms with E-state index >= 15 is 0 Å². The Morgan fingerprint density at radius 1 is 1.10 bits per heavy atom. The first-order valence-electron chi connectivity index (χ1n) is 8.92. The Hall–Kier alpha value is -2.59. The van der Waals surface area contributed by atoms with Gasteiger partial charge in [0.05, 0.1) is 11.1 Å². The molecule has 0 atom stereocenters. The Morgan fingerprint density at radius 3 is 2.52 bits per heavy atom. The summed E-state index contributed by atoms with van der Waals surface area (Å²) in [7, 11) is -1.76. The van der Waals surface area contributed by atoms with Crippen molar-refractivity contribution < 1.29 is 13.2 Å². The number of aromatic nitrogens is 1. The van der Waals surface area contributed by atoms with Gasteiger partial charge in [-0.25, -0.2) is 18.1 Å². The summed E-state index contributed by atoms with van der Waals surface area (Å²) < 4.78 is 25.9. The molecule has 0 aliphatic heterocycles. The van der Waals surface area contributed by atoms with Gasteiger partial charge in [-0.2, -0.15) is 0 Å². The Kier molecular flexibility index (Phi) is 6.75. The maximum absolute atomic E-state index is 12.7. The molecule has 0 saturated carbocycles. The van der Waals surface area contributed by atoms with Crippen LogP contribution in [0, 0.1) is 6.92 Å². The molecule has 0 aliphatic carbocycles. The number of hydrogen-bond acceptors (Lipinski definition) is 7. The normalized spacial score (nSPS) is 11.4. The lowest BCUT2D eigenvalue weighted by molar-refractivity contribution is 0.104. The van der Waals surface area contributed by atoms with E-state index in [1.54, 1.807) is 13.2 Å². The zero-order chi connectivity index (χ0) is 20.9. The molecular weight excluding hydrogens is 408 g/mol. The average molecular weight is 431 g/mol. The molecule has 9 heteroatoms. The van der Waals surface area contributed by atoms with Crippen molar-refractivity contribution in [3.05, 3.63) is 76.3 Å². The molecule has 0 amide bonds. The third-order valence-corrected chi connectivity index (χ3v) is 6.32. The quantitative estimate of drug-likeness (QED) is 0.451. The van der Waals surface area contributed by atoms with Crippen molar-refractivity contribution in [2.45, 2.75) is 13.5 Å². The lowest BCUT2D eigenvalue weighted by Gasteiger charge is -2.07. The minimum absolute atomic E-state index is 0.0437. The molecule has 0 bridgehead atoms. The number of carbonyl (C=O) groups is 1. The van der Waals surface area contributed by atoms with Crippen molar-refractivity contribution in [2.24, 2.45) is 0 Å². The Balaban J connectivity index is 1.63. The van der Waals surface area contributed by atoms with E-state index in [1.165, 1.54) is 11.3 Å². The molecule has 3 rings (SSSR count). The van der Waals surface area contributed by atoms with Crippen LogP contribution < -0.4 is 15.4 Å². The van der Waals surface area contributed by atoms with Gasteiger partial charge in [0.25, 0.3) is 0 Å². The molecule has 3 aromatic rings. The molecule has 3 N–H and O–H groups in total. The first-order valence-corrected chi connectivity index (χ1v) is 11.4. The monoisotopic (exact) mass is 430 g/mol. The number of ketones is 1. The van der Waals surface area contributed by atoms with Crippen LogP contribution in [0.5, 0.6) is 0 Å². The van der Waals surface area contributed by atoms with Gasteiger partial charge in [0.2, 0.25) is 15.8 Å². The predicted octanol–water partition coefficient (Wildman–Crippen LogP) is 3.02. The fourth-order valence-electron chi connectivity index (χ4n) is 2.66. The van der Waals surface area contributed by atoms with Crippen molar-refractivity contribution >= 4 is 38.0 Å². The van der Waals surface area contributed by atoms with E-state index in [0.717, 1.165) is 16.8 Å². The molecule has 0 unspecified atom stereocenters. The van der Waals surface area contributed by atoms with Gasteiger partial charge in [-0.1, -0.05) is 47.7 Å². The van der Waals surface area contributed by atoms with Gasteiger partial charge < -0.3 is 10.6 Å². The van der Waals surface area contributed by atoms with Gasteiger partial charge in [-0.3, -0.25) is 4.79 Å². The number of thiazole rings is 1. The summed E-state index contributed by atoms with van der Waals surface area (Å²) in [5, 5.41) is 6.40. The number of anilines is 2. The second-order valence-electron chi connectivity index (χ2n) is 6.43. The van der Waals surface area contributed by atoms with Crippen molar-refractivity contribution in [1.82, 2.24) is 15.0 Å². The molecule has 0 saturated heterocycles. The molecule has 7 nitrogen and oxygen atoms in total. The van der Waals surface area contributed by atoms with E-state index in [4.69, 9.17) is 0 Å². The Bertz CT molecular complexity index is 1090. The molecule has 0 spiro atoms. The van der Waals surface area contributed by atoms with Crippen molar-refractivity contribution in [3.63, 3.8) is 0 Å². The van der Waals surface area contributed by atoms with Crippen LogP contribution in [0.1, 0.15) is 26.4 Å². The predicted molar refractivity (Wildman–Crippen MR) is 116 cm³/mol. The van der Waals surface area contributed by atoms with Crippen LogP contribution in [0.3, 0.4) is 0 Å². The highest BCUT2D eigenvalue weighted by molar-refractivity contribution is 7.89. The van der Waals surface area contributed by atoms with E-state index < -0.39 is 10.0 Å². The number of carbonyl (C=O) groups excluding carboxylic acids is 1. The average Bonchev–Trinajstić information content (AvgIpc) is 3.16. The first kappa shape index (κ1) is 21.1. The highest BCUT2D eigenvalue weighted by atomic mass is 32.2. The number of benzene rings is 2. The molecule has 1 aromatic heterocycles. The van der Waals surface area contributed by atoms with E-state index in [-0.39, 0.29) is 18.2 Å². The number of aryl methyl sites for hydroxylation is 1. The number of sulfonamides is 1. The highest BCUT2D eigenvalue weighted by Crippen LogP contribution is 2.25. The summed E-state index contributed by atoms with van der Waals surface area (Å²) in [6.07, 6.45) is 1.58. The van der Waals surface area contributed by atoms with Crippen LogP contribution in [-0.4, -0.2) is 32.1 Å². The minimum Gasteiger partial charge on any atom is -0.332 e. The van der Waals surface area contributed by atoms with E-state index in [2.05, 4.69) is 20.3 Å². The maximum atomic E-state index is 12.7. The molecule has 152 valence electrons. The summed E-state index contributed by atoms with van der Waals surface area (Å²) >= 11 is 1.29. The molecule has 0 fully saturated rings. The van der Waals surface area contributed by atoms with Crippen LogP contribution in [-0.2, 0) is 16.6 Å². The number of hydrogen-bond donors (Lipinski definition) is 3. The second kappa shape index (κ2) is 9.27. The summed E-state index contributed by atoms with van der Waals surface area (Å²) in [6.45, 7) is 2.13. The fraction of sp³-hybridized carbons (Fsp3) is 0.200. The zero-order valence-corrected chi connectivity index (χ0v) is 17.7. The maximum Gasteiger partial charge on any atom is 0.224 e. The summed E-state index contributed by atoms with van der Waals surface area (Å²) in [5.41, 5.74) is 3.25. The van der Waals surface area contributed by atoms with Crippen molar-refractivity contribution in [2.75, 3.05) is 18.2 Å². The topological polar surface area (TPSA) is 100 Å². The standard InChI is InChI=1S/C20H22N4O3S2/c1-14-5-3-4-6-17(14)19(25)18-12-22-20(28-18)24-16-9-7-15(8-10-16)11-23-29(26,27)13-21-2/h3-10,12,21,23H,11,13H2,1-2H3,(H,22,24). The SMILES string of the molecule is CNCS(=O)(=O)NCc1ccc(Nc2ncc(C(=O)c3ccccc3C)s2)cc1. The third kappa shape index (κ3) is 5.70. The number of nitrogens with one attached hydrogen (secondary N) is 3. The van der Waals surface area contributed by atoms with Gasteiger partial charge in [0.15, 0.2) is 5.13 Å². The van der Waals surface area contributed by atoms with Crippen molar-refractivity contribution in [3.8, 4) is 0 Å². The van der Waals surface area contributed by atoms with Gasteiger partial charge in [0, 0.05) is 17.8 Å². The van der Waals surface area contributed by atoms with Crippen LogP contribution in [0.4, 0.5) is 10.8 Å². The summed E-state index contributed by atoms with van der Waals surface area (Å²) in [5.74, 6) is -0.168. The number of rotatable bonds is 9. The lowest BCUT2D eigenvalue weighted by Crippen LogP contribution is -2.31. The van der Waals surface area contributed by atoms with E-state index in [1.807, 2.05) is 55.5 Å². The minimum atomic E-state index is -3.34. The van der Waals surface area contributed by atoms with Gasteiger partial charge >= 0.3 is 0 Å². The van der Waals surface area contributed by atoms with Crippen LogP contribution in [0.15, 0.2) is 54.7 Å². The Morgan fingerprint density at radius 2 is 1.83 bits per heavy atom.